The molecular weight excluding hydrogens is 232 g/mol. The van der Waals surface area contributed by atoms with Gasteiger partial charge in [0, 0.05) is 11.9 Å². The van der Waals surface area contributed by atoms with E-state index in [1.54, 1.807) is 12.3 Å². The lowest BCUT2D eigenvalue weighted by molar-refractivity contribution is 0.159. The van der Waals surface area contributed by atoms with E-state index in [2.05, 4.69) is 15.0 Å². The number of carbonyl (C=O) groups is 1. The zero-order chi connectivity index (χ0) is 12.0. The molecule has 0 aliphatic rings. The van der Waals surface area contributed by atoms with Crippen LogP contribution in [0.3, 0.4) is 0 Å². The van der Waals surface area contributed by atoms with Crippen LogP contribution in [0.4, 0.5) is 15.7 Å². The van der Waals surface area contributed by atoms with Gasteiger partial charge in [0.1, 0.15) is 6.21 Å². The van der Waals surface area contributed by atoms with Crippen LogP contribution >= 0.6 is 11.3 Å². The van der Waals surface area contributed by atoms with E-state index < -0.39 is 6.09 Å². The van der Waals surface area contributed by atoms with Gasteiger partial charge in [-0.1, -0.05) is 5.16 Å². The average Bonchev–Trinajstić information content (AvgIpc) is 2.66. The van der Waals surface area contributed by atoms with Crippen LogP contribution in [-0.4, -0.2) is 30.1 Å². The number of thiazole rings is 1. The molecule has 1 rings (SSSR count). The van der Waals surface area contributed by atoms with Gasteiger partial charge in [0.05, 0.1) is 0 Å². The quantitative estimate of drug-likeness (QED) is 0.477. The fourth-order valence-electron chi connectivity index (χ4n) is 0.930. The third-order valence-electron chi connectivity index (χ3n) is 1.56. The number of rotatable bonds is 4. The lowest BCUT2D eigenvalue weighted by Crippen LogP contribution is -2.30. The normalized spacial score (nSPS) is 10.3. The molecule has 0 aliphatic carbocycles. The van der Waals surface area contributed by atoms with Crippen molar-refractivity contribution in [3.05, 3.63) is 5.38 Å². The summed E-state index contributed by atoms with van der Waals surface area (Å²) in [4.78, 5) is 30.8. The van der Waals surface area contributed by atoms with Gasteiger partial charge < -0.3 is 5.73 Å². The van der Waals surface area contributed by atoms with Crippen LogP contribution in [0.5, 0.6) is 0 Å². The third kappa shape index (κ3) is 3.02. The molecule has 0 saturated carbocycles. The van der Waals surface area contributed by atoms with Crippen molar-refractivity contribution >= 4 is 40.9 Å². The molecule has 1 aromatic rings. The van der Waals surface area contributed by atoms with Gasteiger partial charge in [-0.2, -0.15) is 0 Å². The number of nitrogen functional groups attached to an aromatic ring is 1. The molecule has 1 aromatic heterocycles. The fraction of sp³-hybridized carbons (Fsp3) is 0.250. The van der Waals surface area contributed by atoms with Crippen molar-refractivity contribution in [2.45, 2.75) is 6.92 Å². The maximum absolute atomic E-state index is 11.4. The minimum atomic E-state index is -0.737. The highest BCUT2D eigenvalue weighted by Crippen LogP contribution is 2.20. The summed E-state index contributed by atoms with van der Waals surface area (Å²) in [6, 6.07) is 0. The van der Waals surface area contributed by atoms with E-state index in [9.17, 15) is 9.59 Å². The molecule has 0 unspecified atom stereocenters. The van der Waals surface area contributed by atoms with Crippen LogP contribution in [0.1, 0.15) is 6.92 Å². The number of aromatic nitrogens is 1. The van der Waals surface area contributed by atoms with Crippen molar-refractivity contribution in [1.29, 1.82) is 0 Å². The highest BCUT2D eigenvalue weighted by atomic mass is 32.1. The van der Waals surface area contributed by atoms with E-state index in [0.717, 1.165) is 0 Å². The SMILES string of the molecule is CCN(C(=O)ON=C[C]=O)c1csc(N)n1. The molecule has 85 valence electrons. The van der Waals surface area contributed by atoms with Crippen LogP contribution in [0.25, 0.3) is 0 Å². The van der Waals surface area contributed by atoms with Gasteiger partial charge in [-0.15, -0.1) is 11.3 Å². The topological polar surface area (TPSA) is 97.9 Å². The molecule has 0 bridgehead atoms. The Morgan fingerprint density at radius 3 is 3.12 bits per heavy atom. The lowest BCUT2D eigenvalue weighted by Gasteiger charge is -2.14. The highest BCUT2D eigenvalue weighted by molar-refractivity contribution is 7.13. The first-order valence-electron chi connectivity index (χ1n) is 4.28. The van der Waals surface area contributed by atoms with E-state index in [1.807, 2.05) is 0 Å². The third-order valence-corrected chi connectivity index (χ3v) is 2.22. The van der Waals surface area contributed by atoms with Gasteiger partial charge in [-0.25, -0.2) is 9.78 Å². The summed E-state index contributed by atoms with van der Waals surface area (Å²) >= 11 is 1.21. The van der Waals surface area contributed by atoms with E-state index in [4.69, 9.17) is 5.73 Å². The second-order valence-electron chi connectivity index (χ2n) is 2.50. The Morgan fingerprint density at radius 1 is 1.88 bits per heavy atom. The minimum absolute atomic E-state index is 0.350. The van der Waals surface area contributed by atoms with Crippen molar-refractivity contribution in [2.24, 2.45) is 5.16 Å². The van der Waals surface area contributed by atoms with Crippen LogP contribution in [-0.2, 0) is 9.63 Å². The molecular formula is C8H9N4O3S. The second-order valence-corrected chi connectivity index (χ2v) is 3.39. The predicted molar refractivity (Wildman–Crippen MR) is 60.2 cm³/mol. The van der Waals surface area contributed by atoms with Gasteiger partial charge >= 0.3 is 6.09 Å². The Labute approximate surface area is 95.5 Å². The summed E-state index contributed by atoms with van der Waals surface area (Å²) in [5.41, 5.74) is 5.44. The average molecular weight is 241 g/mol. The van der Waals surface area contributed by atoms with Crippen LogP contribution in [0.2, 0.25) is 0 Å². The number of anilines is 2. The number of nitrogens with two attached hydrogens (primary N) is 1. The first-order valence-corrected chi connectivity index (χ1v) is 5.16. The second kappa shape index (κ2) is 5.81. The summed E-state index contributed by atoms with van der Waals surface area (Å²) in [5.74, 6) is 0.389. The minimum Gasteiger partial charge on any atom is -0.375 e. The molecule has 1 radical (unpaired) electrons. The molecule has 16 heavy (non-hydrogen) atoms. The molecule has 2 N–H and O–H groups in total. The van der Waals surface area contributed by atoms with Gasteiger partial charge in [0.15, 0.2) is 10.9 Å². The number of nitrogens with zero attached hydrogens (tertiary/aromatic N) is 3. The van der Waals surface area contributed by atoms with Crippen molar-refractivity contribution in [3.8, 4) is 0 Å². The van der Waals surface area contributed by atoms with E-state index in [0.29, 0.717) is 23.7 Å². The smallest absolute Gasteiger partial charge is 0.375 e. The molecule has 0 fully saturated rings. The number of hydrogen-bond donors (Lipinski definition) is 1. The number of carbonyl (C=O) groups excluding carboxylic acids is 2. The Balaban J connectivity index is 2.70. The van der Waals surface area contributed by atoms with Gasteiger partial charge in [0.25, 0.3) is 0 Å². The number of oxime groups is 1. The highest BCUT2D eigenvalue weighted by Gasteiger charge is 2.17. The molecule has 1 heterocycles. The lowest BCUT2D eigenvalue weighted by atomic mass is 10.6. The van der Waals surface area contributed by atoms with Crippen LogP contribution in [0, 0.1) is 0 Å². The summed E-state index contributed by atoms with van der Waals surface area (Å²) in [7, 11) is 0. The first kappa shape index (κ1) is 12.1. The van der Waals surface area contributed by atoms with Crippen molar-refractivity contribution in [2.75, 3.05) is 17.2 Å². The van der Waals surface area contributed by atoms with Gasteiger partial charge in [-0.05, 0) is 6.92 Å². The monoisotopic (exact) mass is 241 g/mol. The molecule has 0 aliphatic heterocycles. The molecule has 0 spiro atoms. The van der Waals surface area contributed by atoms with Crippen molar-refractivity contribution in [3.63, 3.8) is 0 Å². The Bertz CT molecular complexity index is 404. The Morgan fingerprint density at radius 2 is 2.62 bits per heavy atom. The largest absolute Gasteiger partial charge is 0.441 e. The fourth-order valence-corrected chi connectivity index (χ4v) is 1.48. The standard InChI is InChI=1S/C8H9N4O3S/c1-2-12(6-5-16-7(9)11-6)8(14)15-10-3-4-13/h3,5H,2H2,1H3,(H2,9,11). The van der Waals surface area contributed by atoms with Gasteiger partial charge in [0.2, 0.25) is 6.29 Å². The zero-order valence-electron chi connectivity index (χ0n) is 8.41. The number of hydrogen-bond acceptors (Lipinski definition) is 7. The van der Waals surface area contributed by atoms with E-state index in [1.165, 1.54) is 22.5 Å². The molecule has 0 saturated heterocycles. The summed E-state index contributed by atoms with van der Waals surface area (Å²) < 4.78 is 0. The first-order chi connectivity index (χ1) is 7.69. The Kier molecular flexibility index (Phi) is 4.40. The number of amides is 1. The van der Waals surface area contributed by atoms with E-state index in [-0.39, 0.29) is 0 Å². The van der Waals surface area contributed by atoms with Crippen LogP contribution < -0.4 is 10.6 Å². The zero-order valence-corrected chi connectivity index (χ0v) is 9.23. The van der Waals surface area contributed by atoms with Gasteiger partial charge in [-0.3, -0.25) is 14.5 Å². The maximum atomic E-state index is 11.4. The summed E-state index contributed by atoms with van der Waals surface area (Å²) in [5, 5.41) is 5.07. The van der Waals surface area contributed by atoms with Crippen molar-refractivity contribution in [1.82, 2.24) is 4.98 Å². The molecule has 1 amide bonds. The molecule has 0 atom stereocenters. The summed E-state index contributed by atoms with van der Waals surface area (Å²) in [6.07, 6.45) is 1.33. The predicted octanol–water partition coefficient (Wildman–Crippen LogP) is 0.784. The maximum Gasteiger partial charge on any atom is 0.441 e. The molecule has 0 aromatic carbocycles. The summed E-state index contributed by atoms with van der Waals surface area (Å²) in [6.45, 7) is 2.09. The molecule has 7 nitrogen and oxygen atoms in total. The van der Waals surface area contributed by atoms with Crippen LogP contribution in [0.15, 0.2) is 10.5 Å². The molecule has 8 heteroatoms. The van der Waals surface area contributed by atoms with E-state index >= 15 is 0 Å². The Hall–Kier alpha value is -1.96. The van der Waals surface area contributed by atoms with Crippen molar-refractivity contribution < 1.29 is 14.4 Å².